The van der Waals surface area contributed by atoms with Crippen LogP contribution in [-0.4, -0.2) is 12.4 Å². The number of anilines is 1. The van der Waals surface area contributed by atoms with E-state index in [-0.39, 0.29) is 0 Å². The van der Waals surface area contributed by atoms with E-state index in [9.17, 15) is 0 Å². The largest absolute Gasteiger partial charge is 0.494 e. The summed E-state index contributed by atoms with van der Waals surface area (Å²) in [5.74, 6) is 1.82. The van der Waals surface area contributed by atoms with Gasteiger partial charge in [0.25, 0.3) is 0 Å². The zero-order valence-corrected chi connectivity index (χ0v) is 14.0. The monoisotopic (exact) mass is 371 g/mol. The highest BCUT2D eigenvalue weighted by Crippen LogP contribution is 2.28. The summed E-state index contributed by atoms with van der Waals surface area (Å²) < 4.78 is 6.64. The second-order valence-electron chi connectivity index (χ2n) is 4.19. The van der Waals surface area contributed by atoms with Crippen LogP contribution in [0, 0.1) is 0 Å². The number of thioether (sulfide) groups is 1. The fraction of sp³-hybridized carbons (Fsp3) is 0.200. The zero-order valence-electron chi connectivity index (χ0n) is 10.8. The summed E-state index contributed by atoms with van der Waals surface area (Å²) in [4.78, 5) is 1.11. The van der Waals surface area contributed by atoms with Crippen molar-refractivity contribution in [2.45, 2.75) is 11.3 Å². The highest BCUT2D eigenvalue weighted by molar-refractivity contribution is 9.10. The molecule has 0 saturated carbocycles. The van der Waals surface area contributed by atoms with Crippen LogP contribution in [0.25, 0.3) is 0 Å². The van der Waals surface area contributed by atoms with Gasteiger partial charge in [0, 0.05) is 25.8 Å². The maximum Gasteiger partial charge on any atom is 0.119 e. The Kier molecular flexibility index (Phi) is 6.07. The standard InChI is InChI=1S/C15H15BrClNOS/c16-11-2-7-15(14(18)10-11)20-9-1-8-19-13-5-3-12(17)4-6-13/h2-7,10H,1,8-9,18H2. The molecule has 2 nitrogen and oxygen atoms in total. The number of halogens is 2. The van der Waals surface area contributed by atoms with Crippen LogP contribution in [0.5, 0.6) is 5.75 Å². The number of nitrogen functional groups attached to an aromatic ring is 1. The SMILES string of the molecule is Nc1cc(Br)ccc1SCCCOc1ccc(Cl)cc1. The number of hydrogen-bond donors (Lipinski definition) is 1. The molecule has 0 unspecified atom stereocenters. The van der Waals surface area contributed by atoms with Crippen LogP contribution in [0.4, 0.5) is 5.69 Å². The van der Waals surface area contributed by atoms with Gasteiger partial charge in [0.05, 0.1) is 6.61 Å². The van der Waals surface area contributed by atoms with Crippen LogP contribution in [0.15, 0.2) is 51.8 Å². The van der Waals surface area contributed by atoms with E-state index < -0.39 is 0 Å². The van der Waals surface area contributed by atoms with Crippen molar-refractivity contribution >= 4 is 45.0 Å². The molecule has 0 bridgehead atoms. The van der Waals surface area contributed by atoms with Crippen LogP contribution >= 0.6 is 39.3 Å². The zero-order chi connectivity index (χ0) is 14.4. The van der Waals surface area contributed by atoms with Crippen molar-refractivity contribution in [1.29, 1.82) is 0 Å². The normalized spacial score (nSPS) is 10.5. The van der Waals surface area contributed by atoms with Crippen molar-refractivity contribution in [3.8, 4) is 5.75 Å². The Bertz CT molecular complexity index is 562. The summed E-state index contributed by atoms with van der Waals surface area (Å²) >= 11 is 11.0. The molecule has 2 rings (SSSR count). The Morgan fingerprint density at radius 3 is 2.60 bits per heavy atom. The Morgan fingerprint density at radius 1 is 1.15 bits per heavy atom. The molecule has 106 valence electrons. The van der Waals surface area contributed by atoms with Gasteiger partial charge in [-0.05, 0) is 48.9 Å². The molecule has 0 aliphatic heterocycles. The van der Waals surface area contributed by atoms with Gasteiger partial charge in [-0.3, -0.25) is 0 Å². The summed E-state index contributed by atoms with van der Waals surface area (Å²) in [6, 6.07) is 13.4. The third-order valence-electron chi connectivity index (χ3n) is 2.60. The van der Waals surface area contributed by atoms with Gasteiger partial charge in [0.1, 0.15) is 5.75 Å². The van der Waals surface area contributed by atoms with E-state index in [4.69, 9.17) is 22.1 Å². The number of rotatable bonds is 6. The second kappa shape index (κ2) is 7.81. The first-order chi connectivity index (χ1) is 9.65. The van der Waals surface area contributed by atoms with E-state index in [2.05, 4.69) is 15.9 Å². The van der Waals surface area contributed by atoms with Gasteiger partial charge in [-0.1, -0.05) is 27.5 Å². The minimum absolute atomic E-state index is 0.686. The van der Waals surface area contributed by atoms with E-state index in [1.54, 1.807) is 11.8 Å². The molecule has 0 amide bonds. The van der Waals surface area contributed by atoms with E-state index in [1.165, 1.54) is 0 Å². The van der Waals surface area contributed by atoms with Crippen molar-refractivity contribution in [1.82, 2.24) is 0 Å². The number of hydrogen-bond acceptors (Lipinski definition) is 3. The summed E-state index contributed by atoms with van der Waals surface area (Å²) in [5, 5.41) is 0.721. The fourth-order valence-electron chi connectivity index (χ4n) is 1.61. The maximum absolute atomic E-state index is 5.95. The summed E-state index contributed by atoms with van der Waals surface area (Å²) in [6.07, 6.45) is 0.961. The lowest BCUT2D eigenvalue weighted by atomic mass is 10.3. The van der Waals surface area contributed by atoms with Gasteiger partial charge in [-0.2, -0.15) is 0 Å². The Labute approximate surface area is 136 Å². The minimum Gasteiger partial charge on any atom is -0.494 e. The van der Waals surface area contributed by atoms with E-state index in [1.807, 2.05) is 42.5 Å². The lowest BCUT2D eigenvalue weighted by molar-refractivity contribution is 0.319. The van der Waals surface area contributed by atoms with Gasteiger partial charge in [-0.25, -0.2) is 0 Å². The molecule has 20 heavy (non-hydrogen) atoms. The maximum atomic E-state index is 5.95. The number of ether oxygens (including phenoxy) is 1. The Morgan fingerprint density at radius 2 is 1.90 bits per heavy atom. The molecule has 0 heterocycles. The lowest BCUT2D eigenvalue weighted by Crippen LogP contribution is -1.99. The van der Waals surface area contributed by atoms with E-state index in [0.29, 0.717) is 6.61 Å². The summed E-state index contributed by atoms with van der Waals surface area (Å²) in [5.41, 5.74) is 6.76. The topological polar surface area (TPSA) is 35.2 Å². The highest BCUT2D eigenvalue weighted by atomic mass is 79.9. The van der Waals surface area contributed by atoms with Crippen LogP contribution in [0.1, 0.15) is 6.42 Å². The fourth-order valence-corrected chi connectivity index (χ4v) is 2.99. The molecule has 2 aromatic rings. The predicted octanol–water partition coefficient (Wildman–Crippen LogP) is 5.25. The van der Waals surface area contributed by atoms with Crippen molar-refractivity contribution in [2.24, 2.45) is 0 Å². The lowest BCUT2D eigenvalue weighted by Gasteiger charge is -2.07. The molecule has 0 saturated heterocycles. The quantitative estimate of drug-likeness (QED) is 0.427. The molecule has 0 fully saturated rings. The summed E-state index contributed by atoms with van der Waals surface area (Å²) in [7, 11) is 0. The molecule has 0 aromatic heterocycles. The van der Waals surface area contributed by atoms with Gasteiger partial charge in [-0.15, -0.1) is 11.8 Å². The predicted molar refractivity (Wildman–Crippen MR) is 90.8 cm³/mol. The first-order valence-electron chi connectivity index (χ1n) is 6.21. The van der Waals surface area contributed by atoms with Crippen LogP contribution in [-0.2, 0) is 0 Å². The average Bonchev–Trinajstić information content (AvgIpc) is 2.42. The third-order valence-corrected chi connectivity index (χ3v) is 4.52. The molecule has 0 atom stereocenters. The molecular formula is C15H15BrClNOS. The van der Waals surface area contributed by atoms with Crippen LogP contribution in [0.3, 0.4) is 0 Å². The molecule has 2 aromatic carbocycles. The van der Waals surface area contributed by atoms with Crippen molar-refractivity contribution in [3.05, 3.63) is 52.0 Å². The summed E-state index contributed by atoms with van der Waals surface area (Å²) in [6.45, 7) is 0.686. The third kappa shape index (κ3) is 4.93. The average molecular weight is 373 g/mol. The molecular weight excluding hydrogens is 358 g/mol. The minimum atomic E-state index is 0.686. The number of nitrogens with two attached hydrogens (primary N) is 1. The van der Waals surface area contributed by atoms with Crippen LogP contribution in [0.2, 0.25) is 5.02 Å². The second-order valence-corrected chi connectivity index (χ2v) is 6.68. The van der Waals surface area contributed by atoms with Gasteiger partial charge in [0.15, 0.2) is 0 Å². The van der Waals surface area contributed by atoms with Gasteiger partial charge < -0.3 is 10.5 Å². The van der Waals surface area contributed by atoms with Crippen LogP contribution < -0.4 is 10.5 Å². The molecule has 0 radical (unpaired) electrons. The first kappa shape index (κ1) is 15.5. The molecule has 0 aliphatic carbocycles. The number of benzene rings is 2. The van der Waals surface area contributed by atoms with Crippen molar-refractivity contribution in [3.63, 3.8) is 0 Å². The highest BCUT2D eigenvalue weighted by Gasteiger charge is 2.01. The van der Waals surface area contributed by atoms with Crippen molar-refractivity contribution < 1.29 is 4.74 Å². The first-order valence-corrected chi connectivity index (χ1v) is 8.37. The molecule has 0 spiro atoms. The van der Waals surface area contributed by atoms with Crippen molar-refractivity contribution in [2.75, 3.05) is 18.1 Å². The smallest absolute Gasteiger partial charge is 0.119 e. The van der Waals surface area contributed by atoms with Gasteiger partial charge >= 0.3 is 0 Å². The molecule has 2 N–H and O–H groups in total. The Balaban J connectivity index is 1.70. The Hall–Kier alpha value is -0.840. The van der Waals surface area contributed by atoms with Gasteiger partial charge in [0.2, 0.25) is 0 Å². The molecule has 5 heteroatoms. The van der Waals surface area contributed by atoms with E-state index in [0.717, 1.165) is 38.0 Å². The molecule has 0 aliphatic rings. The van der Waals surface area contributed by atoms with E-state index >= 15 is 0 Å².